The molecule has 0 N–H and O–H groups in total. The van der Waals surface area contributed by atoms with E-state index < -0.39 is 0 Å². The first kappa shape index (κ1) is 12.4. The molecule has 1 fully saturated rings. The largest absolute Gasteiger partial charge is 0.337 e. The van der Waals surface area contributed by atoms with Crippen LogP contribution in [0.15, 0.2) is 18.7 Å². The lowest BCUT2D eigenvalue weighted by molar-refractivity contribution is 0.558. The van der Waals surface area contributed by atoms with Crippen molar-refractivity contribution in [1.82, 2.24) is 9.55 Å². The maximum absolute atomic E-state index is 4.08. The lowest BCUT2D eigenvalue weighted by Crippen LogP contribution is -2.17. The number of nitrogens with zero attached hydrogens (tertiary/aromatic N) is 2. The zero-order chi connectivity index (χ0) is 11.3. The first-order valence-corrected chi connectivity index (χ1v) is 8.05. The quantitative estimate of drug-likeness (QED) is 0.774. The zero-order valence-corrected chi connectivity index (χ0v) is 11.5. The Balaban J connectivity index is 1.78. The smallest absolute Gasteiger partial charge is 0.0945 e. The molecule has 2 nitrogen and oxygen atoms in total. The number of imidazole rings is 1. The van der Waals surface area contributed by atoms with Crippen LogP contribution >= 0.6 is 23.5 Å². The Morgan fingerprint density at radius 3 is 2.75 bits per heavy atom. The summed E-state index contributed by atoms with van der Waals surface area (Å²) in [5.41, 5.74) is 0. The monoisotopic (exact) mass is 256 g/mol. The molecule has 0 amide bonds. The van der Waals surface area contributed by atoms with Gasteiger partial charge in [-0.1, -0.05) is 13.3 Å². The number of rotatable bonds is 6. The molecule has 2 rings (SSSR count). The van der Waals surface area contributed by atoms with E-state index in [9.17, 15) is 0 Å². The van der Waals surface area contributed by atoms with Crippen LogP contribution in [0.4, 0.5) is 0 Å². The highest BCUT2D eigenvalue weighted by Gasteiger charge is 2.33. The molecule has 0 atom stereocenters. The first-order chi connectivity index (χ1) is 7.85. The predicted octanol–water partition coefficient (Wildman–Crippen LogP) is 3.64. The van der Waals surface area contributed by atoms with Crippen LogP contribution < -0.4 is 0 Å². The molecule has 2 heterocycles. The highest BCUT2D eigenvalue weighted by Crippen LogP contribution is 2.50. The molecule has 1 aromatic rings. The van der Waals surface area contributed by atoms with Crippen LogP contribution in [0.1, 0.15) is 32.6 Å². The first-order valence-electron chi connectivity index (χ1n) is 6.08. The van der Waals surface area contributed by atoms with E-state index >= 15 is 0 Å². The number of thioether (sulfide) groups is 2. The van der Waals surface area contributed by atoms with Crippen molar-refractivity contribution in [2.45, 2.75) is 43.2 Å². The summed E-state index contributed by atoms with van der Waals surface area (Å²) in [6.45, 7) is 3.42. The Hall–Kier alpha value is -0.0900. The molecule has 0 unspecified atom stereocenters. The summed E-state index contributed by atoms with van der Waals surface area (Å²) in [6, 6.07) is 0. The number of aromatic nitrogens is 2. The van der Waals surface area contributed by atoms with E-state index in [2.05, 4.69) is 46.2 Å². The van der Waals surface area contributed by atoms with Gasteiger partial charge in [0.05, 0.1) is 10.4 Å². The van der Waals surface area contributed by atoms with Crippen LogP contribution in [0.3, 0.4) is 0 Å². The van der Waals surface area contributed by atoms with Gasteiger partial charge in [-0.25, -0.2) is 4.98 Å². The zero-order valence-electron chi connectivity index (χ0n) is 9.89. The maximum Gasteiger partial charge on any atom is 0.0945 e. The molecule has 0 spiro atoms. The topological polar surface area (TPSA) is 17.8 Å². The molecule has 1 saturated heterocycles. The molecular weight excluding hydrogens is 236 g/mol. The average molecular weight is 256 g/mol. The standard InChI is InChI=1S/C12H20N2S2/c1-2-4-12(15-9-10-16-12)5-3-7-14-8-6-13-11-14/h6,8,11H,2-5,7,9-10H2,1H3. The molecule has 4 heteroatoms. The fourth-order valence-corrected chi connectivity index (χ4v) is 5.76. The fourth-order valence-electron chi connectivity index (χ4n) is 2.24. The Bertz CT molecular complexity index is 292. The molecule has 16 heavy (non-hydrogen) atoms. The second kappa shape index (κ2) is 6.01. The van der Waals surface area contributed by atoms with Gasteiger partial charge in [0.25, 0.3) is 0 Å². The van der Waals surface area contributed by atoms with Crippen LogP contribution in [0.25, 0.3) is 0 Å². The fraction of sp³-hybridized carbons (Fsp3) is 0.750. The minimum absolute atomic E-state index is 0.537. The summed E-state index contributed by atoms with van der Waals surface area (Å²) in [6.07, 6.45) is 11.1. The highest BCUT2D eigenvalue weighted by molar-refractivity contribution is 8.21. The van der Waals surface area contributed by atoms with Gasteiger partial charge in [-0.3, -0.25) is 0 Å². The third-order valence-electron chi connectivity index (χ3n) is 2.98. The van der Waals surface area contributed by atoms with Gasteiger partial charge in [0.2, 0.25) is 0 Å². The summed E-state index contributed by atoms with van der Waals surface area (Å²) >= 11 is 4.38. The molecule has 1 aromatic heterocycles. The van der Waals surface area contributed by atoms with E-state index in [0.717, 1.165) is 6.54 Å². The van der Waals surface area contributed by atoms with Crippen molar-refractivity contribution in [3.63, 3.8) is 0 Å². The molecule has 0 aliphatic carbocycles. The minimum Gasteiger partial charge on any atom is -0.337 e. The molecule has 90 valence electrons. The van der Waals surface area contributed by atoms with Gasteiger partial charge in [-0.2, -0.15) is 0 Å². The molecule has 0 saturated carbocycles. The van der Waals surface area contributed by atoms with Crippen molar-refractivity contribution in [2.75, 3.05) is 11.5 Å². The van der Waals surface area contributed by atoms with Gasteiger partial charge in [-0.05, 0) is 19.3 Å². The van der Waals surface area contributed by atoms with Crippen LogP contribution in [0.5, 0.6) is 0 Å². The van der Waals surface area contributed by atoms with Gasteiger partial charge in [0.15, 0.2) is 0 Å². The summed E-state index contributed by atoms with van der Waals surface area (Å²) in [4.78, 5) is 4.08. The Morgan fingerprint density at radius 1 is 1.31 bits per heavy atom. The van der Waals surface area contributed by atoms with Crippen molar-refractivity contribution < 1.29 is 0 Å². The minimum atomic E-state index is 0.537. The lowest BCUT2D eigenvalue weighted by atomic mass is 10.1. The van der Waals surface area contributed by atoms with Crippen molar-refractivity contribution in [2.24, 2.45) is 0 Å². The number of aryl methyl sites for hydroxylation is 1. The third kappa shape index (κ3) is 3.20. The number of hydrogen-bond acceptors (Lipinski definition) is 3. The van der Waals surface area contributed by atoms with Gasteiger partial charge in [-0.15, -0.1) is 23.5 Å². The Kier molecular flexibility index (Phi) is 4.65. The van der Waals surface area contributed by atoms with Gasteiger partial charge in [0.1, 0.15) is 0 Å². The molecular formula is C12H20N2S2. The normalized spacial score (nSPS) is 19.1. The van der Waals surface area contributed by atoms with Crippen LogP contribution in [-0.4, -0.2) is 25.1 Å². The third-order valence-corrected chi connectivity index (χ3v) is 6.63. The van der Waals surface area contributed by atoms with E-state index in [4.69, 9.17) is 0 Å². The van der Waals surface area contributed by atoms with E-state index in [1.165, 1.54) is 37.2 Å². The molecule has 0 aromatic carbocycles. The van der Waals surface area contributed by atoms with Crippen LogP contribution in [0, 0.1) is 0 Å². The second-order valence-corrected chi connectivity index (χ2v) is 7.48. The Labute approximate surface area is 107 Å². The second-order valence-electron chi connectivity index (χ2n) is 4.26. The summed E-state index contributed by atoms with van der Waals surface area (Å²) < 4.78 is 2.72. The average Bonchev–Trinajstić information content (AvgIpc) is 2.90. The van der Waals surface area contributed by atoms with Crippen molar-refractivity contribution >= 4 is 23.5 Å². The summed E-state index contributed by atoms with van der Waals surface area (Å²) in [5, 5.41) is 0. The van der Waals surface area contributed by atoms with Gasteiger partial charge in [0, 0.05) is 30.4 Å². The highest BCUT2D eigenvalue weighted by atomic mass is 32.2. The van der Waals surface area contributed by atoms with E-state index in [1.807, 2.05) is 12.5 Å². The van der Waals surface area contributed by atoms with E-state index in [1.54, 1.807) is 0 Å². The molecule has 0 radical (unpaired) electrons. The van der Waals surface area contributed by atoms with Crippen LogP contribution in [0.2, 0.25) is 0 Å². The Morgan fingerprint density at radius 2 is 2.12 bits per heavy atom. The molecule has 0 bridgehead atoms. The SMILES string of the molecule is CCCC1(CCCn2ccnc2)SCCS1. The lowest BCUT2D eigenvalue weighted by Gasteiger charge is -2.26. The molecule has 1 aliphatic rings. The number of hydrogen-bond donors (Lipinski definition) is 0. The van der Waals surface area contributed by atoms with E-state index in [-0.39, 0.29) is 0 Å². The van der Waals surface area contributed by atoms with Gasteiger partial charge >= 0.3 is 0 Å². The molecule has 1 aliphatic heterocycles. The van der Waals surface area contributed by atoms with Crippen molar-refractivity contribution in [1.29, 1.82) is 0 Å². The predicted molar refractivity (Wildman–Crippen MR) is 74.0 cm³/mol. The van der Waals surface area contributed by atoms with Crippen LogP contribution in [-0.2, 0) is 6.54 Å². The maximum atomic E-state index is 4.08. The van der Waals surface area contributed by atoms with Crippen molar-refractivity contribution in [3.8, 4) is 0 Å². The van der Waals surface area contributed by atoms with E-state index in [0.29, 0.717) is 4.08 Å². The summed E-state index contributed by atoms with van der Waals surface area (Å²) in [5.74, 6) is 2.69. The van der Waals surface area contributed by atoms with Gasteiger partial charge < -0.3 is 4.57 Å². The summed E-state index contributed by atoms with van der Waals surface area (Å²) in [7, 11) is 0. The van der Waals surface area contributed by atoms with Crippen molar-refractivity contribution in [3.05, 3.63) is 18.7 Å².